The lowest BCUT2D eigenvalue weighted by atomic mass is 9.93. The Balaban J connectivity index is 1.67. The summed E-state index contributed by atoms with van der Waals surface area (Å²) in [5.74, 6) is 0.447. The molecule has 0 aliphatic carbocycles. The number of hydrogen-bond acceptors (Lipinski definition) is 3. The normalized spacial score (nSPS) is 22.2. The molecule has 1 fully saturated rings. The molecule has 0 radical (unpaired) electrons. The minimum atomic E-state index is 0.447. The predicted octanol–water partition coefficient (Wildman–Crippen LogP) is 3.57. The third-order valence-electron chi connectivity index (χ3n) is 4.29. The summed E-state index contributed by atoms with van der Waals surface area (Å²) in [5.41, 5.74) is 2.43. The van der Waals surface area contributed by atoms with Crippen molar-refractivity contribution in [3.8, 4) is 0 Å². The second kappa shape index (κ2) is 8.05. The maximum absolute atomic E-state index is 8.99. The molecule has 2 rings (SSSR count). The largest absolute Gasteiger partial charge is 0.411 e. The fraction of sp³-hybridized carbons (Fsp3) is 0.588. The van der Waals surface area contributed by atoms with Crippen LogP contribution in [-0.2, 0) is 6.42 Å². The third kappa shape index (κ3) is 4.34. The van der Waals surface area contributed by atoms with E-state index in [4.69, 9.17) is 5.21 Å². The number of benzene rings is 1. The summed E-state index contributed by atoms with van der Waals surface area (Å²) < 4.78 is 0. The summed E-state index contributed by atoms with van der Waals surface area (Å²) in [6, 6.07) is 10.7. The number of hydrogen-bond donors (Lipinski definition) is 1. The summed E-state index contributed by atoms with van der Waals surface area (Å²) >= 11 is 0. The van der Waals surface area contributed by atoms with E-state index < -0.39 is 0 Å². The maximum Gasteiger partial charge on any atom is 0.0627 e. The van der Waals surface area contributed by atoms with Gasteiger partial charge < -0.3 is 10.1 Å². The highest BCUT2D eigenvalue weighted by atomic mass is 16.4. The van der Waals surface area contributed by atoms with Gasteiger partial charge >= 0.3 is 0 Å². The first kappa shape index (κ1) is 15.0. The van der Waals surface area contributed by atoms with Gasteiger partial charge in [0.25, 0.3) is 0 Å². The summed E-state index contributed by atoms with van der Waals surface area (Å²) in [6.07, 6.45) is 5.66. The van der Waals surface area contributed by atoms with Crippen LogP contribution >= 0.6 is 0 Å². The second-order valence-electron chi connectivity index (χ2n) is 5.69. The average Bonchev–Trinajstić information content (AvgIpc) is 2.52. The van der Waals surface area contributed by atoms with E-state index in [1.165, 1.54) is 31.4 Å². The highest BCUT2D eigenvalue weighted by Crippen LogP contribution is 2.18. The number of rotatable bonds is 6. The number of oxime groups is 1. The Kier molecular flexibility index (Phi) is 6.06. The molecule has 1 atom stereocenters. The zero-order valence-electron chi connectivity index (χ0n) is 12.5. The number of nitrogens with zero attached hydrogens (tertiary/aromatic N) is 2. The van der Waals surface area contributed by atoms with Gasteiger partial charge in [0.1, 0.15) is 0 Å². The summed E-state index contributed by atoms with van der Waals surface area (Å²) in [4.78, 5) is 2.52. The number of likely N-dealkylation sites (tertiary alicyclic amines) is 1. The van der Waals surface area contributed by atoms with Gasteiger partial charge in [-0.2, -0.15) is 0 Å². The van der Waals surface area contributed by atoms with Crippen molar-refractivity contribution in [1.82, 2.24) is 4.90 Å². The molecule has 1 aromatic rings. The third-order valence-corrected chi connectivity index (χ3v) is 4.29. The van der Waals surface area contributed by atoms with Crippen molar-refractivity contribution in [3.05, 3.63) is 35.9 Å². The standard InChI is InChI=1S/C17H26N2O/c1-2-16-14-19(13-11-17(16)18-20)12-7-6-10-15-8-4-3-5-9-15/h3-5,8-9,16,20H,2,6-7,10-14H2,1H3/b18-17+. The summed E-state index contributed by atoms with van der Waals surface area (Å²) in [5, 5.41) is 12.4. The van der Waals surface area contributed by atoms with Crippen LogP contribution < -0.4 is 0 Å². The molecule has 0 bridgehead atoms. The maximum atomic E-state index is 8.99. The van der Waals surface area contributed by atoms with E-state index in [1.54, 1.807) is 0 Å². The van der Waals surface area contributed by atoms with Crippen molar-refractivity contribution in [3.63, 3.8) is 0 Å². The smallest absolute Gasteiger partial charge is 0.0627 e. The van der Waals surface area contributed by atoms with Crippen LogP contribution in [0.5, 0.6) is 0 Å². The molecule has 0 aromatic heterocycles. The van der Waals surface area contributed by atoms with Gasteiger partial charge in [0, 0.05) is 25.4 Å². The molecule has 3 heteroatoms. The van der Waals surface area contributed by atoms with E-state index in [2.05, 4.69) is 47.3 Å². The molecule has 1 aromatic carbocycles. The number of piperidine rings is 1. The Morgan fingerprint density at radius 1 is 1.25 bits per heavy atom. The van der Waals surface area contributed by atoms with Gasteiger partial charge in [0.15, 0.2) is 0 Å². The first-order valence-corrected chi connectivity index (χ1v) is 7.80. The molecule has 0 spiro atoms. The Bertz CT molecular complexity index is 416. The molecule has 0 saturated carbocycles. The Hall–Kier alpha value is -1.35. The van der Waals surface area contributed by atoms with E-state index in [0.717, 1.165) is 31.6 Å². The zero-order valence-corrected chi connectivity index (χ0v) is 12.5. The average molecular weight is 274 g/mol. The van der Waals surface area contributed by atoms with Gasteiger partial charge in [-0.3, -0.25) is 0 Å². The Morgan fingerprint density at radius 3 is 2.75 bits per heavy atom. The number of unbranched alkanes of at least 4 members (excludes halogenated alkanes) is 1. The Morgan fingerprint density at radius 2 is 2.05 bits per heavy atom. The van der Waals surface area contributed by atoms with Crippen LogP contribution in [0.4, 0.5) is 0 Å². The van der Waals surface area contributed by atoms with E-state index in [0.29, 0.717) is 5.92 Å². The lowest BCUT2D eigenvalue weighted by Crippen LogP contribution is -2.41. The van der Waals surface area contributed by atoms with Crippen LogP contribution in [0.3, 0.4) is 0 Å². The molecule has 1 aliphatic rings. The van der Waals surface area contributed by atoms with E-state index in [9.17, 15) is 0 Å². The lowest BCUT2D eigenvalue weighted by molar-refractivity contribution is 0.224. The van der Waals surface area contributed by atoms with Crippen molar-refractivity contribution in [2.75, 3.05) is 19.6 Å². The van der Waals surface area contributed by atoms with Crippen LogP contribution in [0.1, 0.15) is 38.2 Å². The van der Waals surface area contributed by atoms with Crippen LogP contribution in [0.25, 0.3) is 0 Å². The highest BCUT2D eigenvalue weighted by molar-refractivity contribution is 5.87. The fourth-order valence-electron chi connectivity index (χ4n) is 2.99. The molecule has 1 aliphatic heterocycles. The molecular weight excluding hydrogens is 248 g/mol. The van der Waals surface area contributed by atoms with Crippen LogP contribution in [0.15, 0.2) is 35.5 Å². The molecule has 110 valence electrons. The van der Waals surface area contributed by atoms with Gasteiger partial charge in [0.05, 0.1) is 5.71 Å². The lowest BCUT2D eigenvalue weighted by Gasteiger charge is -2.32. The van der Waals surface area contributed by atoms with Crippen LogP contribution in [-0.4, -0.2) is 35.5 Å². The van der Waals surface area contributed by atoms with E-state index in [1.807, 2.05) is 0 Å². The van der Waals surface area contributed by atoms with Crippen molar-refractivity contribution in [2.24, 2.45) is 11.1 Å². The van der Waals surface area contributed by atoms with Crippen molar-refractivity contribution in [1.29, 1.82) is 0 Å². The molecule has 0 amide bonds. The molecule has 1 saturated heterocycles. The van der Waals surface area contributed by atoms with E-state index >= 15 is 0 Å². The van der Waals surface area contributed by atoms with E-state index in [-0.39, 0.29) is 0 Å². The molecular formula is C17H26N2O. The highest BCUT2D eigenvalue weighted by Gasteiger charge is 2.24. The fourth-order valence-corrected chi connectivity index (χ4v) is 2.99. The van der Waals surface area contributed by atoms with Gasteiger partial charge in [0.2, 0.25) is 0 Å². The SMILES string of the molecule is CCC1CN(CCCCc2ccccc2)CC/C1=N\O. The Labute approximate surface area is 122 Å². The second-order valence-corrected chi connectivity index (χ2v) is 5.69. The molecule has 1 unspecified atom stereocenters. The minimum absolute atomic E-state index is 0.447. The van der Waals surface area contributed by atoms with Gasteiger partial charge in [-0.1, -0.05) is 42.4 Å². The first-order valence-electron chi connectivity index (χ1n) is 7.80. The van der Waals surface area contributed by atoms with Crippen molar-refractivity contribution in [2.45, 2.75) is 39.0 Å². The van der Waals surface area contributed by atoms with Gasteiger partial charge in [-0.05, 0) is 37.8 Å². The van der Waals surface area contributed by atoms with Crippen LogP contribution in [0, 0.1) is 5.92 Å². The summed E-state index contributed by atoms with van der Waals surface area (Å²) in [7, 11) is 0. The van der Waals surface area contributed by atoms with Crippen LogP contribution in [0.2, 0.25) is 0 Å². The molecule has 20 heavy (non-hydrogen) atoms. The zero-order chi connectivity index (χ0) is 14.2. The first-order chi connectivity index (χ1) is 9.83. The predicted molar refractivity (Wildman–Crippen MR) is 83.4 cm³/mol. The quantitative estimate of drug-likeness (QED) is 0.489. The summed E-state index contributed by atoms with van der Waals surface area (Å²) in [6.45, 7) is 5.44. The number of aryl methyl sites for hydroxylation is 1. The monoisotopic (exact) mass is 274 g/mol. The molecule has 1 heterocycles. The van der Waals surface area contributed by atoms with Crippen molar-refractivity contribution >= 4 is 5.71 Å². The minimum Gasteiger partial charge on any atom is -0.411 e. The topological polar surface area (TPSA) is 35.8 Å². The van der Waals surface area contributed by atoms with Crippen molar-refractivity contribution < 1.29 is 5.21 Å². The van der Waals surface area contributed by atoms with Gasteiger partial charge in [-0.15, -0.1) is 0 Å². The van der Waals surface area contributed by atoms with Gasteiger partial charge in [-0.25, -0.2) is 0 Å². The molecule has 3 nitrogen and oxygen atoms in total. The molecule has 1 N–H and O–H groups in total.